The molecule has 1 saturated heterocycles. The molecule has 1 aromatic carbocycles. The van der Waals surface area contributed by atoms with Gasteiger partial charge in [0.2, 0.25) is 10.0 Å². The first-order valence-electron chi connectivity index (χ1n) is 7.16. The maximum absolute atomic E-state index is 13.8. The van der Waals surface area contributed by atoms with Crippen molar-refractivity contribution in [3.8, 4) is 0 Å². The predicted octanol–water partition coefficient (Wildman–Crippen LogP) is 1.04. The van der Waals surface area contributed by atoms with Crippen molar-refractivity contribution in [2.75, 3.05) is 32.8 Å². The molecule has 0 saturated carbocycles. The summed E-state index contributed by atoms with van der Waals surface area (Å²) in [6.45, 7) is 3.37. The minimum atomic E-state index is -4.07. The summed E-state index contributed by atoms with van der Waals surface area (Å²) in [7, 11) is -4.07. The number of hydrogen-bond acceptors (Lipinski definition) is 4. The van der Waals surface area contributed by atoms with Gasteiger partial charge in [-0.1, -0.05) is 0 Å². The van der Waals surface area contributed by atoms with E-state index in [9.17, 15) is 22.3 Å². The fraction of sp³-hybridized carbons (Fsp3) is 0.571. The van der Waals surface area contributed by atoms with Crippen LogP contribution in [0.1, 0.15) is 13.3 Å². The molecule has 0 bridgehead atoms. The third-order valence-electron chi connectivity index (χ3n) is 3.89. The zero-order valence-electron chi connectivity index (χ0n) is 12.4. The van der Waals surface area contributed by atoms with Gasteiger partial charge in [-0.05, 0) is 38.1 Å². The van der Waals surface area contributed by atoms with Crippen molar-refractivity contribution in [1.82, 2.24) is 9.21 Å². The van der Waals surface area contributed by atoms with Crippen molar-refractivity contribution in [3.05, 3.63) is 29.8 Å². The summed E-state index contributed by atoms with van der Waals surface area (Å²) in [5, 5.41) is 9.18. The van der Waals surface area contributed by atoms with E-state index in [4.69, 9.17) is 0 Å². The SMILES string of the molecule is CC(CO)N1CCCN(S(=O)(=O)c2cc(F)ccc2F)CC1. The maximum atomic E-state index is 13.8. The Bertz CT molecular complexity index is 625. The summed E-state index contributed by atoms with van der Waals surface area (Å²) in [6.07, 6.45) is 0.570. The molecule has 1 aromatic rings. The van der Waals surface area contributed by atoms with Crippen LogP contribution in [0.3, 0.4) is 0 Å². The molecular formula is C14H20F2N2O3S. The van der Waals surface area contributed by atoms with E-state index in [1.807, 2.05) is 11.8 Å². The summed E-state index contributed by atoms with van der Waals surface area (Å²) in [5.41, 5.74) is 0. The van der Waals surface area contributed by atoms with Crippen LogP contribution in [0.5, 0.6) is 0 Å². The second-order valence-electron chi connectivity index (χ2n) is 5.40. The average Bonchev–Trinajstić information content (AvgIpc) is 2.75. The van der Waals surface area contributed by atoms with Gasteiger partial charge >= 0.3 is 0 Å². The standard InChI is InChI=1S/C14H20F2N2O3S/c1-11(10-19)17-5-2-6-18(8-7-17)22(20,21)14-9-12(15)3-4-13(14)16/h3-4,9,11,19H,2,5-8,10H2,1H3. The van der Waals surface area contributed by atoms with Gasteiger partial charge in [0.05, 0.1) is 6.61 Å². The number of aliphatic hydroxyl groups excluding tert-OH is 1. The third kappa shape index (κ3) is 3.62. The van der Waals surface area contributed by atoms with Gasteiger partial charge in [-0.3, -0.25) is 4.90 Å². The number of sulfonamides is 1. The number of rotatable bonds is 4. The largest absolute Gasteiger partial charge is 0.395 e. The molecule has 2 rings (SSSR count). The molecule has 0 spiro atoms. The van der Waals surface area contributed by atoms with Crippen LogP contribution in [0.15, 0.2) is 23.1 Å². The summed E-state index contributed by atoms with van der Waals surface area (Å²) >= 11 is 0. The number of nitrogens with zero attached hydrogens (tertiary/aromatic N) is 2. The maximum Gasteiger partial charge on any atom is 0.246 e. The first kappa shape index (κ1) is 17.3. The molecule has 1 aliphatic heterocycles. The van der Waals surface area contributed by atoms with Crippen molar-refractivity contribution in [2.45, 2.75) is 24.3 Å². The smallest absolute Gasteiger partial charge is 0.246 e. The topological polar surface area (TPSA) is 60.9 Å². The molecular weight excluding hydrogens is 314 g/mol. The van der Waals surface area contributed by atoms with E-state index in [1.165, 1.54) is 4.31 Å². The van der Waals surface area contributed by atoms with Gasteiger partial charge in [0.25, 0.3) is 0 Å². The highest BCUT2D eigenvalue weighted by Crippen LogP contribution is 2.22. The van der Waals surface area contributed by atoms with E-state index in [2.05, 4.69) is 0 Å². The normalized spacial score (nSPS) is 19.8. The molecule has 5 nitrogen and oxygen atoms in total. The molecule has 8 heteroatoms. The van der Waals surface area contributed by atoms with Gasteiger partial charge in [-0.25, -0.2) is 17.2 Å². The minimum absolute atomic E-state index is 0.00866. The van der Waals surface area contributed by atoms with Crippen LogP contribution >= 0.6 is 0 Å². The first-order valence-corrected chi connectivity index (χ1v) is 8.60. The molecule has 1 unspecified atom stereocenters. The Kier molecular flexibility index (Phi) is 5.49. The van der Waals surface area contributed by atoms with Crippen molar-refractivity contribution in [3.63, 3.8) is 0 Å². The molecule has 0 aliphatic carbocycles. The molecule has 1 atom stereocenters. The van der Waals surface area contributed by atoms with Crippen LogP contribution < -0.4 is 0 Å². The molecule has 0 amide bonds. The zero-order valence-corrected chi connectivity index (χ0v) is 13.2. The monoisotopic (exact) mass is 334 g/mol. The van der Waals surface area contributed by atoms with Gasteiger partial charge in [-0.15, -0.1) is 0 Å². The summed E-state index contributed by atoms with van der Waals surface area (Å²) < 4.78 is 53.2. The molecule has 0 aromatic heterocycles. The van der Waals surface area contributed by atoms with E-state index in [0.717, 1.165) is 12.1 Å². The minimum Gasteiger partial charge on any atom is -0.395 e. The summed E-state index contributed by atoms with van der Waals surface area (Å²) in [4.78, 5) is 1.36. The Hall–Kier alpha value is -1.09. The van der Waals surface area contributed by atoms with Crippen LogP contribution in [-0.2, 0) is 10.0 Å². The number of benzene rings is 1. The Morgan fingerprint density at radius 3 is 2.64 bits per heavy atom. The highest BCUT2D eigenvalue weighted by Gasteiger charge is 2.30. The van der Waals surface area contributed by atoms with Gasteiger partial charge in [0.1, 0.15) is 16.5 Å². The zero-order chi connectivity index (χ0) is 16.3. The van der Waals surface area contributed by atoms with Crippen molar-refractivity contribution in [1.29, 1.82) is 0 Å². The fourth-order valence-corrected chi connectivity index (χ4v) is 4.07. The Labute approximate surface area is 129 Å². The molecule has 1 aliphatic rings. The van der Waals surface area contributed by atoms with Crippen LogP contribution in [-0.4, -0.2) is 61.6 Å². The highest BCUT2D eigenvalue weighted by atomic mass is 32.2. The van der Waals surface area contributed by atoms with Gasteiger partial charge in [0, 0.05) is 25.7 Å². The molecule has 1 fully saturated rings. The van der Waals surface area contributed by atoms with E-state index in [0.29, 0.717) is 25.6 Å². The lowest BCUT2D eigenvalue weighted by atomic mass is 10.3. The second kappa shape index (κ2) is 6.99. The lowest BCUT2D eigenvalue weighted by Gasteiger charge is -2.26. The van der Waals surface area contributed by atoms with Gasteiger partial charge < -0.3 is 5.11 Å². The van der Waals surface area contributed by atoms with Crippen LogP contribution in [0.4, 0.5) is 8.78 Å². The molecule has 1 heterocycles. The van der Waals surface area contributed by atoms with Crippen LogP contribution in [0.25, 0.3) is 0 Å². The number of halogens is 2. The third-order valence-corrected chi connectivity index (χ3v) is 5.80. The van der Waals surface area contributed by atoms with Crippen LogP contribution in [0.2, 0.25) is 0 Å². The lowest BCUT2D eigenvalue weighted by molar-refractivity contribution is 0.140. The Morgan fingerprint density at radius 2 is 1.95 bits per heavy atom. The quantitative estimate of drug-likeness (QED) is 0.894. The highest BCUT2D eigenvalue weighted by molar-refractivity contribution is 7.89. The molecule has 22 heavy (non-hydrogen) atoms. The van der Waals surface area contributed by atoms with Gasteiger partial charge in [0.15, 0.2) is 0 Å². The average molecular weight is 334 g/mol. The second-order valence-corrected chi connectivity index (χ2v) is 7.31. The van der Waals surface area contributed by atoms with Crippen molar-refractivity contribution >= 4 is 10.0 Å². The number of hydrogen-bond donors (Lipinski definition) is 1. The van der Waals surface area contributed by atoms with Crippen molar-refractivity contribution in [2.24, 2.45) is 0 Å². The van der Waals surface area contributed by atoms with E-state index in [-0.39, 0.29) is 25.7 Å². The molecule has 0 radical (unpaired) electrons. The predicted molar refractivity (Wildman–Crippen MR) is 77.9 cm³/mol. The van der Waals surface area contributed by atoms with Gasteiger partial charge in [-0.2, -0.15) is 4.31 Å². The molecule has 1 N–H and O–H groups in total. The van der Waals surface area contributed by atoms with Crippen molar-refractivity contribution < 1.29 is 22.3 Å². The van der Waals surface area contributed by atoms with E-state index < -0.39 is 26.6 Å². The van der Waals surface area contributed by atoms with E-state index >= 15 is 0 Å². The Morgan fingerprint density at radius 1 is 1.23 bits per heavy atom. The van der Waals surface area contributed by atoms with Crippen LogP contribution in [0, 0.1) is 11.6 Å². The Balaban J connectivity index is 2.21. The van der Waals surface area contributed by atoms with E-state index in [1.54, 1.807) is 0 Å². The molecule has 124 valence electrons. The summed E-state index contributed by atoms with van der Waals surface area (Å²) in [5.74, 6) is -1.74. The lowest BCUT2D eigenvalue weighted by Crippen LogP contribution is -2.39. The summed E-state index contributed by atoms with van der Waals surface area (Å²) in [6, 6.07) is 2.36. The number of aliphatic hydroxyl groups is 1. The fourth-order valence-electron chi connectivity index (χ4n) is 2.52. The first-order chi connectivity index (χ1) is 10.4.